The molecule has 2 N–H and O–H groups in total. The SMILES string of the molecule is CC(C)N(CCOc1ccc(N)cc1Cl)C(C)C. The van der Waals surface area contributed by atoms with Crippen molar-refractivity contribution in [3.8, 4) is 5.75 Å². The molecule has 0 amide bonds. The Kier molecular flexibility index (Phi) is 5.76. The van der Waals surface area contributed by atoms with Gasteiger partial charge in [0.15, 0.2) is 0 Å². The number of hydrogen-bond donors (Lipinski definition) is 1. The van der Waals surface area contributed by atoms with Crippen LogP contribution >= 0.6 is 11.6 Å². The van der Waals surface area contributed by atoms with Gasteiger partial charge < -0.3 is 10.5 Å². The molecule has 0 aromatic heterocycles. The van der Waals surface area contributed by atoms with E-state index in [1.807, 2.05) is 6.07 Å². The number of nitrogens with two attached hydrogens (primary N) is 1. The summed E-state index contributed by atoms with van der Waals surface area (Å²) in [5.74, 6) is 0.693. The molecule has 0 atom stereocenters. The Labute approximate surface area is 115 Å². The summed E-state index contributed by atoms with van der Waals surface area (Å²) in [7, 11) is 0. The van der Waals surface area contributed by atoms with Gasteiger partial charge >= 0.3 is 0 Å². The first-order valence-corrected chi connectivity index (χ1v) is 6.73. The van der Waals surface area contributed by atoms with Gasteiger partial charge in [-0.25, -0.2) is 0 Å². The van der Waals surface area contributed by atoms with Crippen LogP contribution in [0, 0.1) is 0 Å². The van der Waals surface area contributed by atoms with E-state index in [1.54, 1.807) is 12.1 Å². The zero-order chi connectivity index (χ0) is 13.7. The second-order valence-corrected chi connectivity index (χ2v) is 5.37. The van der Waals surface area contributed by atoms with E-state index in [4.69, 9.17) is 22.1 Å². The maximum atomic E-state index is 6.05. The molecule has 0 aliphatic carbocycles. The minimum Gasteiger partial charge on any atom is -0.491 e. The van der Waals surface area contributed by atoms with Crippen LogP contribution in [0.2, 0.25) is 5.02 Å². The van der Waals surface area contributed by atoms with Crippen LogP contribution in [0.4, 0.5) is 5.69 Å². The lowest BCUT2D eigenvalue weighted by atomic mass is 10.2. The van der Waals surface area contributed by atoms with Crippen molar-refractivity contribution in [1.29, 1.82) is 0 Å². The third-order valence-corrected chi connectivity index (χ3v) is 3.18. The van der Waals surface area contributed by atoms with Gasteiger partial charge in [0.2, 0.25) is 0 Å². The highest BCUT2D eigenvalue weighted by Gasteiger charge is 2.13. The number of nitrogen functional groups attached to an aromatic ring is 1. The first-order chi connectivity index (χ1) is 8.41. The molecule has 1 rings (SSSR count). The van der Waals surface area contributed by atoms with Gasteiger partial charge in [-0.3, -0.25) is 4.90 Å². The van der Waals surface area contributed by atoms with Gasteiger partial charge in [-0.2, -0.15) is 0 Å². The number of nitrogens with zero attached hydrogens (tertiary/aromatic N) is 1. The van der Waals surface area contributed by atoms with E-state index in [0.717, 1.165) is 6.54 Å². The fourth-order valence-electron chi connectivity index (χ4n) is 2.01. The first-order valence-electron chi connectivity index (χ1n) is 6.35. The van der Waals surface area contributed by atoms with E-state index in [2.05, 4.69) is 32.6 Å². The van der Waals surface area contributed by atoms with Gasteiger partial charge in [0.1, 0.15) is 12.4 Å². The van der Waals surface area contributed by atoms with E-state index < -0.39 is 0 Å². The summed E-state index contributed by atoms with van der Waals surface area (Å²) in [4.78, 5) is 2.38. The number of halogens is 1. The van der Waals surface area contributed by atoms with Crippen molar-refractivity contribution in [2.45, 2.75) is 39.8 Å². The highest BCUT2D eigenvalue weighted by Crippen LogP contribution is 2.26. The van der Waals surface area contributed by atoms with E-state index in [1.165, 1.54) is 0 Å². The van der Waals surface area contributed by atoms with Gasteiger partial charge in [-0.1, -0.05) is 11.6 Å². The number of rotatable bonds is 6. The molecule has 0 aliphatic heterocycles. The Bertz CT molecular complexity index is 372. The van der Waals surface area contributed by atoms with Crippen molar-refractivity contribution in [2.24, 2.45) is 0 Å². The zero-order valence-corrected chi connectivity index (χ0v) is 12.4. The van der Waals surface area contributed by atoms with Crippen LogP contribution in [0.1, 0.15) is 27.7 Å². The molecular weight excluding hydrogens is 248 g/mol. The average Bonchev–Trinajstić information content (AvgIpc) is 2.25. The van der Waals surface area contributed by atoms with Crippen LogP contribution in [0.25, 0.3) is 0 Å². The average molecular weight is 271 g/mol. The molecule has 18 heavy (non-hydrogen) atoms. The van der Waals surface area contributed by atoms with Crippen molar-refractivity contribution < 1.29 is 4.74 Å². The highest BCUT2D eigenvalue weighted by atomic mass is 35.5. The molecule has 0 unspecified atom stereocenters. The molecule has 1 aromatic rings. The largest absolute Gasteiger partial charge is 0.491 e. The lowest BCUT2D eigenvalue weighted by Gasteiger charge is -2.30. The van der Waals surface area contributed by atoms with Gasteiger partial charge in [-0.15, -0.1) is 0 Å². The lowest BCUT2D eigenvalue weighted by molar-refractivity contribution is 0.142. The van der Waals surface area contributed by atoms with E-state index in [-0.39, 0.29) is 0 Å². The summed E-state index contributed by atoms with van der Waals surface area (Å²) in [6.07, 6.45) is 0. The topological polar surface area (TPSA) is 38.5 Å². The van der Waals surface area contributed by atoms with Crippen LogP contribution in [0.15, 0.2) is 18.2 Å². The normalized spacial score (nSPS) is 11.6. The monoisotopic (exact) mass is 270 g/mol. The summed E-state index contributed by atoms with van der Waals surface area (Å²) in [6, 6.07) is 6.34. The fraction of sp³-hybridized carbons (Fsp3) is 0.571. The second-order valence-electron chi connectivity index (χ2n) is 4.96. The zero-order valence-electron chi connectivity index (χ0n) is 11.6. The van der Waals surface area contributed by atoms with E-state index >= 15 is 0 Å². The number of ether oxygens (including phenoxy) is 1. The van der Waals surface area contributed by atoms with Gasteiger partial charge in [0.25, 0.3) is 0 Å². The third-order valence-electron chi connectivity index (χ3n) is 2.89. The van der Waals surface area contributed by atoms with Crippen LogP contribution in [0.5, 0.6) is 5.75 Å². The smallest absolute Gasteiger partial charge is 0.138 e. The molecular formula is C14H23ClN2O. The molecule has 102 valence electrons. The molecule has 3 nitrogen and oxygen atoms in total. The van der Waals surface area contributed by atoms with Crippen molar-refractivity contribution in [3.63, 3.8) is 0 Å². The summed E-state index contributed by atoms with van der Waals surface area (Å²) < 4.78 is 5.69. The van der Waals surface area contributed by atoms with Gasteiger partial charge in [0, 0.05) is 24.3 Å². The third kappa shape index (κ3) is 4.39. The Morgan fingerprint density at radius 2 is 1.83 bits per heavy atom. The van der Waals surface area contributed by atoms with E-state index in [0.29, 0.717) is 35.2 Å². The number of anilines is 1. The van der Waals surface area contributed by atoms with Crippen LogP contribution in [0.3, 0.4) is 0 Å². The molecule has 0 saturated carbocycles. The maximum Gasteiger partial charge on any atom is 0.138 e. The Hall–Kier alpha value is -0.930. The standard InChI is InChI=1S/C14H23ClN2O/c1-10(2)17(11(3)4)7-8-18-14-6-5-12(16)9-13(14)15/h5-6,9-11H,7-8,16H2,1-4H3. The molecule has 4 heteroatoms. The summed E-state index contributed by atoms with van der Waals surface area (Å²) in [5, 5.41) is 0.565. The van der Waals surface area contributed by atoms with Crippen LogP contribution in [-0.4, -0.2) is 30.1 Å². The Morgan fingerprint density at radius 1 is 1.22 bits per heavy atom. The number of hydrogen-bond acceptors (Lipinski definition) is 3. The predicted octanol–water partition coefficient (Wildman–Crippen LogP) is 3.42. The molecule has 0 saturated heterocycles. The van der Waals surface area contributed by atoms with E-state index in [9.17, 15) is 0 Å². The minimum absolute atomic E-state index is 0.510. The molecule has 0 fully saturated rings. The minimum atomic E-state index is 0.510. The highest BCUT2D eigenvalue weighted by molar-refractivity contribution is 6.32. The quantitative estimate of drug-likeness (QED) is 0.805. The first kappa shape index (κ1) is 15.1. The molecule has 0 radical (unpaired) electrons. The van der Waals surface area contributed by atoms with Crippen molar-refractivity contribution in [1.82, 2.24) is 4.90 Å². The fourth-order valence-corrected chi connectivity index (χ4v) is 2.25. The van der Waals surface area contributed by atoms with Crippen molar-refractivity contribution in [2.75, 3.05) is 18.9 Å². The van der Waals surface area contributed by atoms with Gasteiger partial charge in [0.05, 0.1) is 5.02 Å². The molecule has 0 aliphatic rings. The molecule has 0 spiro atoms. The lowest BCUT2D eigenvalue weighted by Crippen LogP contribution is -2.39. The Morgan fingerprint density at radius 3 is 2.33 bits per heavy atom. The molecule has 1 aromatic carbocycles. The second kappa shape index (κ2) is 6.86. The van der Waals surface area contributed by atoms with Crippen LogP contribution < -0.4 is 10.5 Å². The van der Waals surface area contributed by atoms with Crippen molar-refractivity contribution >= 4 is 17.3 Å². The molecule has 0 heterocycles. The summed E-state index contributed by atoms with van der Waals surface area (Å²) in [5.41, 5.74) is 6.29. The maximum absolute atomic E-state index is 6.05. The van der Waals surface area contributed by atoms with Crippen LogP contribution in [-0.2, 0) is 0 Å². The summed E-state index contributed by atoms with van der Waals surface area (Å²) in [6.45, 7) is 10.3. The Balaban J connectivity index is 2.50. The van der Waals surface area contributed by atoms with Crippen molar-refractivity contribution in [3.05, 3.63) is 23.2 Å². The summed E-state index contributed by atoms with van der Waals surface area (Å²) >= 11 is 6.05. The van der Waals surface area contributed by atoms with Gasteiger partial charge in [-0.05, 0) is 45.9 Å². The predicted molar refractivity (Wildman–Crippen MR) is 78.3 cm³/mol. The molecule has 0 bridgehead atoms. The number of benzene rings is 1.